The van der Waals surface area contributed by atoms with E-state index in [0.29, 0.717) is 25.8 Å². The quantitative estimate of drug-likeness (QED) is 0.264. The molecule has 3 aliphatic rings. The van der Waals surface area contributed by atoms with Crippen LogP contribution in [-0.2, 0) is 23.9 Å². The third-order valence-electron chi connectivity index (χ3n) is 7.59. The zero-order chi connectivity index (χ0) is 25.2. The van der Waals surface area contributed by atoms with Gasteiger partial charge in [0.1, 0.15) is 11.6 Å². The van der Waals surface area contributed by atoms with Crippen LogP contribution in [0.4, 0.5) is 0 Å². The summed E-state index contributed by atoms with van der Waals surface area (Å²) in [4.78, 5) is 44.3. The number of esters is 1. The summed E-state index contributed by atoms with van der Waals surface area (Å²) in [6.07, 6.45) is 5.47. The lowest BCUT2D eigenvalue weighted by atomic mass is 9.70. The zero-order valence-corrected chi connectivity index (χ0v) is 20.9. The Morgan fingerprint density at radius 3 is 2.56 bits per heavy atom. The molecular weight excluding hydrogens is 436 g/mol. The van der Waals surface area contributed by atoms with Crippen molar-refractivity contribution >= 4 is 17.8 Å². The maximum Gasteiger partial charge on any atom is 0.312 e. The van der Waals surface area contributed by atoms with Crippen molar-refractivity contribution in [1.29, 1.82) is 0 Å². The number of allylic oxidation sites excluding steroid dienone is 1. The Morgan fingerprint density at radius 2 is 2.00 bits per heavy atom. The van der Waals surface area contributed by atoms with E-state index in [0.717, 1.165) is 6.42 Å². The van der Waals surface area contributed by atoms with Crippen LogP contribution in [0.25, 0.3) is 0 Å². The average molecular weight is 477 g/mol. The molecule has 3 aliphatic heterocycles. The number of likely N-dealkylation sites (tertiary alicyclic amines) is 1. The molecule has 0 aliphatic carbocycles. The van der Waals surface area contributed by atoms with Crippen LogP contribution < -0.4 is 0 Å². The van der Waals surface area contributed by atoms with Crippen molar-refractivity contribution in [3.8, 4) is 0 Å². The molecule has 1 spiro atoms. The molecule has 2 unspecified atom stereocenters. The van der Waals surface area contributed by atoms with Gasteiger partial charge in [-0.05, 0) is 45.4 Å². The van der Waals surface area contributed by atoms with E-state index in [9.17, 15) is 19.5 Å². The molecule has 8 nitrogen and oxygen atoms in total. The molecule has 2 amide bonds. The maximum absolute atomic E-state index is 14.0. The monoisotopic (exact) mass is 476 g/mol. The van der Waals surface area contributed by atoms with E-state index in [-0.39, 0.29) is 37.0 Å². The van der Waals surface area contributed by atoms with E-state index < -0.39 is 41.6 Å². The number of aliphatic hydroxyl groups excluding tert-OH is 1. The summed E-state index contributed by atoms with van der Waals surface area (Å²) in [6, 6.07) is -1.59. The predicted molar refractivity (Wildman–Crippen MR) is 128 cm³/mol. The number of unbranched alkanes of at least 4 members (excludes halogenated alkanes) is 1. The van der Waals surface area contributed by atoms with Crippen LogP contribution in [0, 0.1) is 17.8 Å². The second-order valence-electron chi connectivity index (χ2n) is 10.3. The van der Waals surface area contributed by atoms with Crippen LogP contribution in [0.1, 0.15) is 53.4 Å². The maximum atomic E-state index is 14.0. The van der Waals surface area contributed by atoms with E-state index in [4.69, 9.17) is 9.47 Å². The third-order valence-corrected chi connectivity index (χ3v) is 7.59. The summed E-state index contributed by atoms with van der Waals surface area (Å²) >= 11 is 0. The van der Waals surface area contributed by atoms with Crippen LogP contribution in [0.5, 0.6) is 0 Å². The molecule has 1 N–H and O–H groups in total. The van der Waals surface area contributed by atoms with Crippen molar-refractivity contribution in [2.24, 2.45) is 17.8 Å². The SMILES string of the molecule is C=CCCCOC(=O)[C@@H]1[C@@H]2CCC3(O2)C(C(=O)N(CC=C)C(C)C)N([C@@H](CO)C(C)C)C(=O)[C@H]13. The summed E-state index contributed by atoms with van der Waals surface area (Å²) in [5, 5.41) is 10.2. The topological polar surface area (TPSA) is 96.4 Å². The lowest BCUT2D eigenvalue weighted by Gasteiger charge is -2.41. The summed E-state index contributed by atoms with van der Waals surface area (Å²) < 4.78 is 12.0. The highest BCUT2D eigenvalue weighted by Gasteiger charge is 2.75. The molecule has 3 rings (SSSR count). The number of rotatable bonds is 12. The van der Waals surface area contributed by atoms with Gasteiger partial charge in [-0.3, -0.25) is 14.4 Å². The van der Waals surface area contributed by atoms with Gasteiger partial charge in [0.15, 0.2) is 0 Å². The van der Waals surface area contributed by atoms with Crippen molar-refractivity contribution in [3.05, 3.63) is 25.3 Å². The van der Waals surface area contributed by atoms with Crippen LogP contribution in [0.15, 0.2) is 25.3 Å². The minimum atomic E-state index is -1.10. The molecule has 3 fully saturated rings. The first-order valence-corrected chi connectivity index (χ1v) is 12.5. The summed E-state index contributed by atoms with van der Waals surface area (Å²) in [6.45, 7) is 15.4. The number of nitrogens with zero attached hydrogens (tertiary/aromatic N) is 2. The Hall–Kier alpha value is -2.19. The lowest BCUT2D eigenvalue weighted by molar-refractivity contribution is -0.157. The van der Waals surface area contributed by atoms with E-state index in [1.165, 1.54) is 4.90 Å². The Morgan fingerprint density at radius 1 is 1.29 bits per heavy atom. The number of fused-ring (bicyclic) bond motifs is 1. The predicted octanol–water partition coefficient (Wildman–Crippen LogP) is 2.31. The van der Waals surface area contributed by atoms with Crippen molar-refractivity contribution in [1.82, 2.24) is 9.80 Å². The minimum Gasteiger partial charge on any atom is -0.465 e. The molecule has 0 radical (unpaired) electrons. The molecule has 190 valence electrons. The summed E-state index contributed by atoms with van der Waals surface area (Å²) in [5.74, 6) is -2.61. The molecule has 0 aromatic carbocycles. The van der Waals surface area contributed by atoms with Crippen molar-refractivity contribution in [2.75, 3.05) is 19.8 Å². The minimum absolute atomic E-state index is 0.0899. The fourth-order valence-electron chi connectivity index (χ4n) is 5.96. The van der Waals surface area contributed by atoms with E-state index in [2.05, 4.69) is 13.2 Å². The number of aliphatic hydroxyl groups is 1. The van der Waals surface area contributed by atoms with Crippen molar-refractivity contribution < 1.29 is 29.0 Å². The highest BCUT2D eigenvalue weighted by Crippen LogP contribution is 2.59. The second-order valence-corrected chi connectivity index (χ2v) is 10.3. The van der Waals surface area contributed by atoms with Crippen LogP contribution in [-0.4, -0.2) is 82.3 Å². The number of carbonyl (C=O) groups is 3. The first kappa shape index (κ1) is 26.4. The number of carbonyl (C=O) groups excluding carboxylic acids is 3. The zero-order valence-electron chi connectivity index (χ0n) is 20.9. The van der Waals surface area contributed by atoms with Gasteiger partial charge in [-0.2, -0.15) is 0 Å². The second kappa shape index (κ2) is 10.6. The smallest absolute Gasteiger partial charge is 0.312 e. The van der Waals surface area contributed by atoms with Crippen molar-refractivity contribution in [3.63, 3.8) is 0 Å². The third kappa shape index (κ3) is 4.31. The molecule has 2 bridgehead atoms. The van der Waals surface area contributed by atoms with E-state index in [1.54, 1.807) is 17.1 Å². The molecule has 3 heterocycles. The van der Waals surface area contributed by atoms with Gasteiger partial charge in [0.2, 0.25) is 11.8 Å². The number of ether oxygens (including phenoxy) is 2. The van der Waals surface area contributed by atoms with Crippen molar-refractivity contribution in [2.45, 2.75) is 83.2 Å². The Balaban J connectivity index is 2.01. The standard InChI is InChI=1S/C26H40N2O6/c1-7-9-10-14-33-25(32)20-19-11-12-26(34-19)21(20)23(30)28(18(15-29)16(3)4)22(26)24(31)27(13-8-2)17(5)6/h7-8,16-22,29H,1-2,9-15H2,3-6H3/t18-,19-,20+,21-,22?,26?/m0/s1. The fraction of sp³-hybridized carbons (Fsp3) is 0.731. The van der Waals surface area contributed by atoms with Gasteiger partial charge >= 0.3 is 5.97 Å². The molecule has 6 atom stereocenters. The van der Waals surface area contributed by atoms with Crippen LogP contribution in [0.2, 0.25) is 0 Å². The first-order valence-electron chi connectivity index (χ1n) is 12.5. The average Bonchev–Trinajstić information content (AvgIpc) is 3.42. The Bertz CT molecular complexity index is 811. The van der Waals surface area contributed by atoms with Gasteiger partial charge in [-0.25, -0.2) is 0 Å². The van der Waals surface area contributed by atoms with Gasteiger partial charge in [0, 0.05) is 12.6 Å². The van der Waals surface area contributed by atoms with Gasteiger partial charge < -0.3 is 24.4 Å². The number of hydrogen-bond acceptors (Lipinski definition) is 6. The lowest BCUT2D eigenvalue weighted by Crippen LogP contribution is -2.60. The van der Waals surface area contributed by atoms with Gasteiger partial charge in [0.05, 0.1) is 37.2 Å². The molecule has 0 saturated carbocycles. The molecule has 0 aromatic heterocycles. The summed E-state index contributed by atoms with van der Waals surface area (Å²) in [7, 11) is 0. The molecular formula is C26H40N2O6. The normalized spacial score (nSPS) is 30.6. The Kier molecular flexibility index (Phi) is 8.24. The molecule has 8 heteroatoms. The van der Waals surface area contributed by atoms with Crippen LogP contribution >= 0.6 is 0 Å². The molecule has 0 aromatic rings. The van der Waals surface area contributed by atoms with Crippen LogP contribution in [0.3, 0.4) is 0 Å². The van der Waals surface area contributed by atoms with Gasteiger partial charge in [0.25, 0.3) is 0 Å². The first-order chi connectivity index (χ1) is 16.2. The van der Waals surface area contributed by atoms with E-state index in [1.807, 2.05) is 27.7 Å². The fourth-order valence-corrected chi connectivity index (χ4v) is 5.96. The van der Waals surface area contributed by atoms with E-state index >= 15 is 0 Å². The summed E-state index contributed by atoms with van der Waals surface area (Å²) in [5.41, 5.74) is -1.10. The molecule has 3 saturated heterocycles. The highest BCUT2D eigenvalue weighted by atomic mass is 16.6. The Labute approximate surface area is 202 Å². The highest BCUT2D eigenvalue weighted by molar-refractivity contribution is 5.98. The molecule has 34 heavy (non-hydrogen) atoms. The van der Waals surface area contributed by atoms with Gasteiger partial charge in [-0.15, -0.1) is 13.2 Å². The largest absolute Gasteiger partial charge is 0.465 e. The number of amides is 2. The van der Waals surface area contributed by atoms with Gasteiger partial charge in [-0.1, -0.05) is 26.0 Å². The number of hydrogen-bond donors (Lipinski definition) is 1.